The summed E-state index contributed by atoms with van der Waals surface area (Å²) >= 11 is 0. The fourth-order valence-electron chi connectivity index (χ4n) is 4.83. The number of likely N-dealkylation sites (tertiary alicyclic amines) is 1. The van der Waals surface area contributed by atoms with E-state index < -0.39 is 11.9 Å². The maximum Gasteiger partial charge on any atom is 0.414 e. The summed E-state index contributed by atoms with van der Waals surface area (Å²) in [6, 6.07) is 21.3. The highest BCUT2D eigenvalue weighted by Crippen LogP contribution is 2.28. The van der Waals surface area contributed by atoms with Crippen molar-refractivity contribution in [3.8, 4) is 28.3 Å². The number of carboxylic acid groups (broad SMARTS) is 2. The second kappa shape index (κ2) is 14.2. The van der Waals surface area contributed by atoms with Crippen LogP contribution in [0.4, 0.5) is 5.69 Å². The zero-order chi connectivity index (χ0) is 30.9. The molecule has 224 valence electrons. The van der Waals surface area contributed by atoms with Crippen LogP contribution in [0.3, 0.4) is 0 Å². The van der Waals surface area contributed by atoms with E-state index in [1.807, 2.05) is 73.7 Å². The van der Waals surface area contributed by atoms with Crippen LogP contribution in [0.1, 0.15) is 34.7 Å². The van der Waals surface area contributed by atoms with Gasteiger partial charge in [-0.25, -0.2) is 9.59 Å². The van der Waals surface area contributed by atoms with E-state index in [1.165, 1.54) is 12.8 Å². The molecular weight excluding hydrogens is 552 g/mol. The molecule has 3 N–H and O–H groups in total. The molecule has 5 rings (SSSR count). The Bertz CT molecular complexity index is 1570. The first-order valence-electron chi connectivity index (χ1n) is 13.8. The standard InChI is InChI=1S/C30H32N4O3.C2H2O4/c1-20-16-25(29-31-21(2)37-33-29)13-14-28(20)23-9-11-24(12-10-23)30(35)32-26-7-4-8-27(17-26)36-19-22-6-5-15-34(3)18-22;3-1(4)2(5)6/h4,7-14,16-17,22H,5-6,15,18-19H2,1-3H3,(H,32,35);(H,3,4)(H,5,6). The molecule has 1 unspecified atom stereocenters. The van der Waals surface area contributed by atoms with Gasteiger partial charge in [-0.3, -0.25) is 4.79 Å². The van der Waals surface area contributed by atoms with E-state index in [-0.39, 0.29) is 5.91 Å². The largest absolute Gasteiger partial charge is 0.493 e. The molecule has 0 aliphatic carbocycles. The Morgan fingerprint density at radius 3 is 2.35 bits per heavy atom. The molecule has 3 aromatic carbocycles. The Balaban J connectivity index is 0.000000641. The molecule has 0 spiro atoms. The number of carbonyl (C=O) groups excluding carboxylic acids is 1. The highest BCUT2D eigenvalue weighted by Gasteiger charge is 2.18. The number of carbonyl (C=O) groups is 3. The highest BCUT2D eigenvalue weighted by atomic mass is 16.5. The minimum atomic E-state index is -1.82. The topological polar surface area (TPSA) is 155 Å². The van der Waals surface area contributed by atoms with Gasteiger partial charge in [-0.2, -0.15) is 4.98 Å². The Morgan fingerprint density at radius 2 is 1.72 bits per heavy atom. The molecule has 2 heterocycles. The predicted octanol–water partition coefficient (Wildman–Crippen LogP) is 5.15. The number of hydrogen-bond acceptors (Lipinski definition) is 8. The normalized spacial score (nSPS) is 14.7. The molecule has 43 heavy (non-hydrogen) atoms. The van der Waals surface area contributed by atoms with Gasteiger partial charge >= 0.3 is 11.9 Å². The molecule has 0 radical (unpaired) electrons. The highest BCUT2D eigenvalue weighted by molar-refractivity contribution is 6.27. The third-order valence-corrected chi connectivity index (χ3v) is 6.95. The van der Waals surface area contributed by atoms with Crippen molar-refractivity contribution in [3.05, 3.63) is 83.7 Å². The third-order valence-electron chi connectivity index (χ3n) is 6.95. The number of aliphatic carboxylic acids is 2. The van der Waals surface area contributed by atoms with Crippen LogP contribution < -0.4 is 10.1 Å². The Hall–Kier alpha value is -5.03. The van der Waals surface area contributed by atoms with E-state index in [0.717, 1.165) is 46.8 Å². The first kappa shape index (κ1) is 30.9. The lowest BCUT2D eigenvalue weighted by Crippen LogP contribution is -2.34. The van der Waals surface area contributed by atoms with E-state index in [2.05, 4.69) is 27.4 Å². The molecule has 1 fully saturated rings. The SMILES string of the molecule is Cc1nc(-c2ccc(-c3ccc(C(=O)Nc4cccc(OCC5CCCN(C)C5)c4)cc3)c(C)c2)no1.O=C(O)C(=O)O. The van der Waals surface area contributed by atoms with Crippen LogP contribution in [0, 0.1) is 19.8 Å². The van der Waals surface area contributed by atoms with Gasteiger partial charge in [-0.05, 0) is 80.4 Å². The number of ether oxygens (including phenoxy) is 1. The molecule has 1 saturated heterocycles. The van der Waals surface area contributed by atoms with Gasteiger partial charge in [0.1, 0.15) is 5.75 Å². The van der Waals surface area contributed by atoms with Crippen molar-refractivity contribution >= 4 is 23.5 Å². The molecule has 4 aromatic rings. The summed E-state index contributed by atoms with van der Waals surface area (Å²) in [7, 11) is 2.16. The van der Waals surface area contributed by atoms with Crippen LogP contribution >= 0.6 is 0 Å². The molecule has 0 saturated carbocycles. The summed E-state index contributed by atoms with van der Waals surface area (Å²) in [5.74, 6) is -1.37. The number of piperidine rings is 1. The quantitative estimate of drug-likeness (QED) is 0.248. The second-order valence-corrected chi connectivity index (χ2v) is 10.4. The van der Waals surface area contributed by atoms with Crippen molar-refractivity contribution in [2.24, 2.45) is 5.92 Å². The van der Waals surface area contributed by atoms with Gasteiger partial charge in [0.05, 0.1) is 6.61 Å². The smallest absolute Gasteiger partial charge is 0.414 e. The van der Waals surface area contributed by atoms with Crippen LogP contribution in [-0.2, 0) is 9.59 Å². The summed E-state index contributed by atoms with van der Waals surface area (Å²) < 4.78 is 11.1. The molecule has 11 heteroatoms. The van der Waals surface area contributed by atoms with Gasteiger partial charge in [0.15, 0.2) is 0 Å². The van der Waals surface area contributed by atoms with E-state index in [1.54, 1.807) is 6.92 Å². The minimum absolute atomic E-state index is 0.155. The van der Waals surface area contributed by atoms with Crippen molar-refractivity contribution in [2.45, 2.75) is 26.7 Å². The van der Waals surface area contributed by atoms with E-state index in [9.17, 15) is 4.79 Å². The average molecular weight is 587 g/mol. The lowest BCUT2D eigenvalue weighted by atomic mass is 9.97. The second-order valence-electron chi connectivity index (χ2n) is 10.4. The van der Waals surface area contributed by atoms with Crippen molar-refractivity contribution in [2.75, 3.05) is 32.1 Å². The summed E-state index contributed by atoms with van der Waals surface area (Å²) in [5, 5.41) is 21.8. The molecular formula is C32H34N4O7. The van der Waals surface area contributed by atoms with Crippen LogP contribution in [0.25, 0.3) is 22.5 Å². The number of hydrogen-bond donors (Lipinski definition) is 3. The third kappa shape index (κ3) is 8.73. The Morgan fingerprint density at radius 1 is 1.00 bits per heavy atom. The number of benzene rings is 3. The first-order chi connectivity index (χ1) is 20.6. The van der Waals surface area contributed by atoms with Crippen molar-refractivity contribution in [3.63, 3.8) is 0 Å². The number of aromatic nitrogens is 2. The monoisotopic (exact) mass is 586 g/mol. The number of aryl methyl sites for hydroxylation is 2. The molecule has 1 atom stereocenters. The number of nitrogens with one attached hydrogen (secondary N) is 1. The number of amides is 1. The van der Waals surface area contributed by atoms with Gasteiger partial charge in [0, 0.05) is 42.3 Å². The van der Waals surface area contributed by atoms with Crippen molar-refractivity contribution in [1.82, 2.24) is 15.0 Å². The first-order valence-corrected chi connectivity index (χ1v) is 13.8. The van der Waals surface area contributed by atoms with Gasteiger partial charge < -0.3 is 29.7 Å². The van der Waals surface area contributed by atoms with Gasteiger partial charge in [-0.1, -0.05) is 35.5 Å². The predicted molar refractivity (Wildman–Crippen MR) is 160 cm³/mol. The van der Waals surface area contributed by atoms with Crippen LogP contribution in [0.15, 0.2) is 71.3 Å². The van der Waals surface area contributed by atoms with Gasteiger partial charge in [0.2, 0.25) is 11.7 Å². The van der Waals surface area contributed by atoms with E-state index >= 15 is 0 Å². The van der Waals surface area contributed by atoms with Gasteiger partial charge in [0.25, 0.3) is 5.91 Å². The van der Waals surface area contributed by atoms with Crippen molar-refractivity contribution < 1.29 is 33.9 Å². The fraction of sp³-hybridized carbons (Fsp3) is 0.281. The molecule has 0 bridgehead atoms. The maximum atomic E-state index is 12.9. The zero-order valence-electron chi connectivity index (χ0n) is 24.2. The Labute approximate surface area is 249 Å². The lowest BCUT2D eigenvalue weighted by molar-refractivity contribution is -0.159. The fourth-order valence-corrected chi connectivity index (χ4v) is 4.83. The number of anilines is 1. The van der Waals surface area contributed by atoms with Crippen LogP contribution in [0.2, 0.25) is 0 Å². The Kier molecular flexibility index (Phi) is 10.2. The molecule has 1 aliphatic rings. The molecule has 11 nitrogen and oxygen atoms in total. The van der Waals surface area contributed by atoms with E-state index in [0.29, 0.717) is 29.8 Å². The number of carboxylic acids is 2. The maximum absolute atomic E-state index is 12.9. The number of nitrogens with zero attached hydrogens (tertiary/aromatic N) is 3. The lowest BCUT2D eigenvalue weighted by Gasteiger charge is -2.29. The summed E-state index contributed by atoms with van der Waals surface area (Å²) in [5.41, 5.74) is 5.44. The van der Waals surface area contributed by atoms with E-state index in [4.69, 9.17) is 29.1 Å². The molecule has 1 amide bonds. The summed E-state index contributed by atoms with van der Waals surface area (Å²) in [4.78, 5) is 37.8. The van der Waals surface area contributed by atoms with Crippen molar-refractivity contribution in [1.29, 1.82) is 0 Å². The molecule has 1 aliphatic heterocycles. The molecule has 1 aromatic heterocycles. The van der Waals surface area contributed by atoms with Crippen LogP contribution in [-0.4, -0.2) is 69.8 Å². The summed E-state index contributed by atoms with van der Waals surface area (Å²) in [6.45, 7) is 6.74. The number of rotatable bonds is 7. The van der Waals surface area contributed by atoms with Crippen LogP contribution in [0.5, 0.6) is 5.75 Å². The minimum Gasteiger partial charge on any atom is -0.493 e. The zero-order valence-corrected chi connectivity index (χ0v) is 24.2. The average Bonchev–Trinajstić information content (AvgIpc) is 3.43. The summed E-state index contributed by atoms with van der Waals surface area (Å²) in [6.07, 6.45) is 2.41. The van der Waals surface area contributed by atoms with Gasteiger partial charge in [-0.15, -0.1) is 0 Å².